The lowest BCUT2D eigenvalue weighted by Gasteiger charge is -1.94. The summed E-state index contributed by atoms with van der Waals surface area (Å²) in [4.78, 5) is 0. The Hall–Kier alpha value is -0.620. The van der Waals surface area contributed by atoms with Gasteiger partial charge in [0.05, 0.1) is 6.61 Å². The van der Waals surface area contributed by atoms with Crippen LogP contribution in [0.3, 0.4) is 0 Å². The second-order valence-electron chi connectivity index (χ2n) is 1.25. The van der Waals surface area contributed by atoms with Gasteiger partial charge in [0, 0.05) is 0 Å². The van der Waals surface area contributed by atoms with E-state index in [1.807, 2.05) is 6.92 Å². The van der Waals surface area contributed by atoms with E-state index in [1.54, 1.807) is 6.07 Å². The molecule has 0 aliphatic rings. The first-order chi connectivity index (χ1) is 3.81. The highest BCUT2D eigenvalue weighted by Gasteiger charge is 1.88. The Kier molecular flexibility index (Phi) is 4.19. The van der Waals surface area contributed by atoms with Crippen molar-refractivity contribution in [1.29, 1.82) is 5.26 Å². The van der Waals surface area contributed by atoms with Crippen LogP contribution in [0.5, 0.6) is 0 Å². The minimum Gasteiger partial charge on any atom is -0.476 e. The van der Waals surface area contributed by atoms with E-state index in [2.05, 4.69) is 12.2 Å². The summed E-state index contributed by atoms with van der Waals surface area (Å²) in [6, 6.07) is 1.71. The van der Waals surface area contributed by atoms with Gasteiger partial charge in [-0.1, -0.05) is 6.92 Å². The quantitative estimate of drug-likeness (QED) is 0.526. The Morgan fingerprint density at radius 1 is 1.88 bits per heavy atom. The predicted octanol–water partition coefficient (Wildman–Crippen LogP) is 1.26. The van der Waals surface area contributed by atoms with Crippen LogP contribution >= 0.6 is 12.2 Å². The molecule has 0 aliphatic heterocycles. The average molecular weight is 129 g/mol. The molecule has 0 aliphatic carbocycles. The molecule has 0 N–H and O–H groups in total. The van der Waals surface area contributed by atoms with Crippen LogP contribution in [0.2, 0.25) is 0 Å². The van der Waals surface area contributed by atoms with E-state index in [4.69, 9.17) is 10.00 Å². The summed E-state index contributed by atoms with van der Waals surface area (Å²) in [5.41, 5.74) is 0. The molecule has 0 amide bonds. The maximum atomic E-state index is 8.05. The topological polar surface area (TPSA) is 33.0 Å². The van der Waals surface area contributed by atoms with Gasteiger partial charge >= 0.3 is 0 Å². The van der Waals surface area contributed by atoms with Crippen molar-refractivity contribution >= 4 is 17.3 Å². The number of rotatable bonds is 2. The van der Waals surface area contributed by atoms with E-state index in [1.165, 1.54) is 0 Å². The minimum absolute atomic E-state index is 0.0341. The molecule has 44 valence electrons. The summed E-state index contributed by atoms with van der Waals surface area (Å²) in [7, 11) is 0. The Morgan fingerprint density at radius 3 is 2.88 bits per heavy atom. The largest absolute Gasteiger partial charge is 0.476 e. The zero-order chi connectivity index (χ0) is 6.41. The fourth-order valence-electron chi connectivity index (χ4n) is 0.227. The molecule has 0 aromatic rings. The van der Waals surface area contributed by atoms with E-state index in [0.717, 1.165) is 6.42 Å². The molecular weight excluding hydrogens is 122 g/mol. The van der Waals surface area contributed by atoms with Crippen molar-refractivity contribution in [2.75, 3.05) is 6.61 Å². The number of nitrogens with zero attached hydrogens (tertiary/aromatic N) is 1. The minimum atomic E-state index is 0.0341. The highest BCUT2D eigenvalue weighted by atomic mass is 32.1. The van der Waals surface area contributed by atoms with Crippen LogP contribution in [-0.4, -0.2) is 11.7 Å². The van der Waals surface area contributed by atoms with Gasteiger partial charge in [-0.2, -0.15) is 5.26 Å². The Labute approximate surface area is 54.1 Å². The Morgan fingerprint density at radius 2 is 2.50 bits per heavy atom. The van der Waals surface area contributed by atoms with Crippen molar-refractivity contribution in [1.82, 2.24) is 0 Å². The van der Waals surface area contributed by atoms with Crippen molar-refractivity contribution in [3.05, 3.63) is 0 Å². The van der Waals surface area contributed by atoms with Crippen LogP contribution < -0.4 is 0 Å². The smallest absolute Gasteiger partial charge is 0.264 e. The number of hydrogen-bond acceptors (Lipinski definition) is 3. The highest BCUT2D eigenvalue weighted by molar-refractivity contribution is 7.80. The number of thiocarbonyl (C=S) groups is 1. The second kappa shape index (κ2) is 4.54. The zero-order valence-electron chi connectivity index (χ0n) is 4.68. The molecule has 0 radical (unpaired) electrons. The Balaban J connectivity index is 3.16. The SMILES string of the molecule is CCCOC(=S)C#N. The molecule has 0 rings (SSSR count). The van der Waals surface area contributed by atoms with Crippen LogP contribution in [0.15, 0.2) is 0 Å². The number of hydrogen-bond donors (Lipinski definition) is 0. The van der Waals surface area contributed by atoms with E-state index in [0.29, 0.717) is 6.61 Å². The van der Waals surface area contributed by atoms with Crippen molar-refractivity contribution in [2.24, 2.45) is 0 Å². The Bertz CT molecular complexity index is 116. The molecule has 0 spiro atoms. The zero-order valence-corrected chi connectivity index (χ0v) is 5.49. The number of ether oxygens (including phenoxy) is 1. The van der Waals surface area contributed by atoms with Gasteiger partial charge in [0.2, 0.25) is 0 Å². The fraction of sp³-hybridized carbons (Fsp3) is 0.600. The van der Waals surface area contributed by atoms with Gasteiger partial charge in [0.15, 0.2) is 6.07 Å². The summed E-state index contributed by atoms with van der Waals surface area (Å²) in [6.07, 6.45) is 0.891. The first-order valence-electron chi connectivity index (χ1n) is 2.38. The number of nitriles is 1. The fourth-order valence-corrected chi connectivity index (χ4v) is 0.310. The van der Waals surface area contributed by atoms with Gasteiger partial charge in [-0.25, -0.2) is 0 Å². The first kappa shape index (κ1) is 7.38. The summed E-state index contributed by atoms with van der Waals surface area (Å²) < 4.78 is 4.71. The van der Waals surface area contributed by atoms with Gasteiger partial charge in [0.25, 0.3) is 5.05 Å². The van der Waals surface area contributed by atoms with Crippen molar-refractivity contribution in [2.45, 2.75) is 13.3 Å². The van der Waals surface area contributed by atoms with Gasteiger partial charge in [0.1, 0.15) is 0 Å². The molecule has 0 fully saturated rings. The maximum absolute atomic E-state index is 8.05. The highest BCUT2D eigenvalue weighted by Crippen LogP contribution is 1.82. The molecule has 0 bridgehead atoms. The van der Waals surface area contributed by atoms with Gasteiger partial charge in [-0.15, -0.1) is 0 Å². The first-order valence-corrected chi connectivity index (χ1v) is 2.79. The molecule has 0 aromatic heterocycles. The molecule has 0 heterocycles. The molecule has 8 heavy (non-hydrogen) atoms. The molecule has 0 unspecified atom stereocenters. The van der Waals surface area contributed by atoms with E-state index >= 15 is 0 Å². The monoisotopic (exact) mass is 129 g/mol. The summed E-state index contributed by atoms with van der Waals surface area (Å²) in [5.74, 6) is 0. The molecule has 0 aromatic carbocycles. The third-order valence-corrected chi connectivity index (χ3v) is 0.738. The van der Waals surface area contributed by atoms with Crippen LogP contribution in [-0.2, 0) is 4.74 Å². The van der Waals surface area contributed by atoms with Crippen molar-refractivity contribution < 1.29 is 4.74 Å². The van der Waals surface area contributed by atoms with Crippen LogP contribution in [0.4, 0.5) is 0 Å². The lowest BCUT2D eigenvalue weighted by molar-refractivity contribution is 0.316. The third kappa shape index (κ3) is 3.57. The maximum Gasteiger partial charge on any atom is 0.264 e. The lowest BCUT2D eigenvalue weighted by atomic mass is 10.5. The van der Waals surface area contributed by atoms with Gasteiger partial charge in [-0.05, 0) is 18.6 Å². The summed E-state index contributed by atoms with van der Waals surface area (Å²) >= 11 is 4.44. The van der Waals surface area contributed by atoms with Crippen LogP contribution in [0.25, 0.3) is 0 Å². The molecule has 0 saturated carbocycles. The second-order valence-corrected chi connectivity index (χ2v) is 1.62. The van der Waals surface area contributed by atoms with E-state index in [-0.39, 0.29) is 5.05 Å². The molecule has 2 nitrogen and oxygen atoms in total. The summed E-state index contributed by atoms with van der Waals surface area (Å²) in [6.45, 7) is 2.51. The molecular formula is C5H7NOS. The molecule has 3 heteroatoms. The summed E-state index contributed by atoms with van der Waals surface area (Å²) in [5, 5.41) is 8.08. The average Bonchev–Trinajstić information content (AvgIpc) is 1.83. The lowest BCUT2D eigenvalue weighted by Crippen LogP contribution is -1.97. The third-order valence-electron chi connectivity index (χ3n) is 0.529. The van der Waals surface area contributed by atoms with E-state index < -0.39 is 0 Å². The molecule has 0 atom stereocenters. The standard InChI is InChI=1S/C5H7NOS/c1-2-3-7-5(8)4-6/h2-3H2,1H3. The van der Waals surface area contributed by atoms with Crippen LogP contribution in [0.1, 0.15) is 13.3 Å². The van der Waals surface area contributed by atoms with Crippen molar-refractivity contribution in [3.63, 3.8) is 0 Å². The normalized spacial score (nSPS) is 7.50. The van der Waals surface area contributed by atoms with E-state index in [9.17, 15) is 0 Å². The van der Waals surface area contributed by atoms with Gasteiger partial charge < -0.3 is 4.74 Å². The van der Waals surface area contributed by atoms with Crippen LogP contribution in [0, 0.1) is 11.3 Å². The molecule has 0 saturated heterocycles. The predicted molar refractivity (Wildman–Crippen MR) is 34.5 cm³/mol. The van der Waals surface area contributed by atoms with Crippen molar-refractivity contribution in [3.8, 4) is 6.07 Å². The van der Waals surface area contributed by atoms with Gasteiger partial charge in [-0.3, -0.25) is 0 Å².